The fourth-order valence-electron chi connectivity index (χ4n) is 2.12. The number of aromatic nitrogens is 1. The monoisotopic (exact) mass is 421 g/mol. The Morgan fingerprint density at radius 2 is 1.93 bits per heavy atom. The summed E-state index contributed by atoms with van der Waals surface area (Å²) in [5.41, 5.74) is -0.329. The molecule has 0 radical (unpaired) electrons. The zero-order valence-electron chi connectivity index (χ0n) is 14.2. The molecule has 146 valence electrons. The Bertz CT molecular complexity index is 965. The maximum absolute atomic E-state index is 12.9. The average Bonchev–Trinajstić information content (AvgIpc) is 2.53. The number of hydrogen-bond acceptors (Lipinski definition) is 4. The van der Waals surface area contributed by atoms with E-state index < -0.39 is 39.1 Å². The van der Waals surface area contributed by atoms with E-state index in [1.54, 1.807) is 19.1 Å². The Morgan fingerprint density at radius 1 is 1.26 bits per heavy atom. The van der Waals surface area contributed by atoms with Crippen LogP contribution in [0.5, 0.6) is 0 Å². The number of carbonyl (C=O) groups excluding carboxylic acids is 1. The average molecular weight is 422 g/mol. The second-order valence-corrected chi connectivity index (χ2v) is 8.09. The summed E-state index contributed by atoms with van der Waals surface area (Å²) in [5.74, 6) is -0.481. The van der Waals surface area contributed by atoms with Crippen molar-refractivity contribution in [3.8, 4) is 0 Å². The number of aryl methyl sites for hydroxylation is 1. The fourth-order valence-corrected chi connectivity index (χ4v) is 3.74. The highest BCUT2D eigenvalue weighted by atomic mass is 35.5. The van der Waals surface area contributed by atoms with Gasteiger partial charge in [-0.2, -0.15) is 17.5 Å². The lowest BCUT2D eigenvalue weighted by molar-refractivity contribution is -0.137. The summed E-state index contributed by atoms with van der Waals surface area (Å²) < 4.78 is 64.3. The van der Waals surface area contributed by atoms with E-state index in [0.29, 0.717) is 16.4 Å². The molecule has 0 aliphatic heterocycles. The second-order valence-electron chi connectivity index (χ2n) is 5.67. The minimum atomic E-state index is -4.73. The van der Waals surface area contributed by atoms with Crippen LogP contribution in [-0.4, -0.2) is 37.2 Å². The molecule has 0 aliphatic rings. The predicted octanol–water partition coefficient (Wildman–Crippen LogP) is 3.32. The number of nitrogens with one attached hydrogen (secondary N) is 1. The number of amides is 1. The Balaban J connectivity index is 2.22. The van der Waals surface area contributed by atoms with E-state index in [9.17, 15) is 26.4 Å². The van der Waals surface area contributed by atoms with E-state index in [2.05, 4.69) is 10.3 Å². The van der Waals surface area contributed by atoms with Crippen LogP contribution < -0.4 is 5.32 Å². The van der Waals surface area contributed by atoms with Gasteiger partial charge in [0.1, 0.15) is 10.7 Å². The standard InChI is InChI=1S/C16H15ClF3N3O3S/c1-10-5-6-21-14(7-10)22-15(24)9-23(2)27(25,26)13-8-11(16(18,19)20)3-4-12(13)17/h3-8H,9H2,1-2H3,(H,21,22,24). The van der Waals surface area contributed by atoms with Gasteiger partial charge in [0.05, 0.1) is 17.1 Å². The van der Waals surface area contributed by atoms with Gasteiger partial charge < -0.3 is 5.32 Å². The van der Waals surface area contributed by atoms with Crippen molar-refractivity contribution in [3.05, 3.63) is 52.7 Å². The first kappa shape index (κ1) is 21.1. The molecule has 0 unspecified atom stereocenters. The van der Waals surface area contributed by atoms with Crippen molar-refractivity contribution in [2.24, 2.45) is 0 Å². The second kappa shape index (κ2) is 7.83. The lowest BCUT2D eigenvalue weighted by Crippen LogP contribution is -2.35. The first-order valence-corrected chi connectivity index (χ1v) is 9.28. The summed E-state index contributed by atoms with van der Waals surface area (Å²) >= 11 is 5.77. The molecule has 0 bridgehead atoms. The van der Waals surface area contributed by atoms with Gasteiger partial charge in [0.2, 0.25) is 15.9 Å². The van der Waals surface area contributed by atoms with Crippen LogP contribution in [0, 0.1) is 6.92 Å². The highest BCUT2D eigenvalue weighted by molar-refractivity contribution is 7.89. The van der Waals surface area contributed by atoms with Gasteiger partial charge in [-0.3, -0.25) is 4.79 Å². The SMILES string of the molecule is Cc1ccnc(NC(=O)CN(C)S(=O)(=O)c2cc(C(F)(F)F)ccc2Cl)c1. The summed E-state index contributed by atoms with van der Waals surface area (Å²) in [6.07, 6.45) is -3.27. The lowest BCUT2D eigenvalue weighted by Gasteiger charge is -2.18. The number of pyridine rings is 1. The van der Waals surface area contributed by atoms with Gasteiger partial charge >= 0.3 is 6.18 Å². The van der Waals surface area contributed by atoms with Crippen molar-refractivity contribution in [2.75, 3.05) is 18.9 Å². The van der Waals surface area contributed by atoms with Crippen LogP contribution in [0.1, 0.15) is 11.1 Å². The third-order valence-electron chi connectivity index (χ3n) is 3.50. The number of alkyl halides is 3. The van der Waals surface area contributed by atoms with Crippen molar-refractivity contribution in [2.45, 2.75) is 18.0 Å². The predicted molar refractivity (Wildman–Crippen MR) is 93.9 cm³/mol. The molecule has 1 heterocycles. The van der Waals surface area contributed by atoms with Gasteiger partial charge in [0.25, 0.3) is 0 Å². The van der Waals surface area contributed by atoms with Crippen molar-refractivity contribution in [1.29, 1.82) is 0 Å². The third-order valence-corrected chi connectivity index (χ3v) is 5.78. The van der Waals surface area contributed by atoms with Crippen molar-refractivity contribution in [1.82, 2.24) is 9.29 Å². The minimum absolute atomic E-state index is 0.225. The number of benzene rings is 1. The largest absolute Gasteiger partial charge is 0.416 e. The summed E-state index contributed by atoms with van der Waals surface area (Å²) in [7, 11) is -3.36. The molecule has 11 heteroatoms. The van der Waals surface area contributed by atoms with Gasteiger partial charge in [-0.25, -0.2) is 13.4 Å². The summed E-state index contributed by atoms with van der Waals surface area (Å²) in [6, 6.07) is 5.26. The molecule has 1 N–H and O–H groups in total. The third kappa shape index (κ3) is 5.18. The van der Waals surface area contributed by atoms with E-state index in [1.165, 1.54) is 6.20 Å². The normalized spacial score (nSPS) is 12.3. The van der Waals surface area contributed by atoms with Gasteiger partial charge in [-0.1, -0.05) is 11.6 Å². The molecule has 0 fully saturated rings. The molecule has 1 amide bonds. The van der Waals surface area contributed by atoms with E-state index >= 15 is 0 Å². The van der Waals surface area contributed by atoms with Crippen LogP contribution in [0.4, 0.5) is 19.0 Å². The number of carbonyl (C=O) groups is 1. The zero-order chi connectivity index (χ0) is 20.4. The molecule has 0 aliphatic carbocycles. The number of rotatable bonds is 5. The molecule has 0 atom stereocenters. The number of likely N-dealkylation sites (N-methyl/N-ethyl adjacent to an activating group) is 1. The Labute approximate surface area is 159 Å². The summed E-state index contributed by atoms with van der Waals surface area (Å²) in [6.45, 7) is 1.15. The van der Waals surface area contributed by atoms with Crippen LogP contribution >= 0.6 is 11.6 Å². The summed E-state index contributed by atoms with van der Waals surface area (Å²) in [4.78, 5) is 15.2. The first-order chi connectivity index (χ1) is 12.4. The van der Waals surface area contributed by atoms with Crippen LogP contribution in [0.3, 0.4) is 0 Å². The number of nitrogens with zero attached hydrogens (tertiary/aromatic N) is 2. The van der Waals surface area contributed by atoms with Crippen LogP contribution in [0.2, 0.25) is 5.02 Å². The van der Waals surface area contributed by atoms with Crippen molar-refractivity contribution in [3.63, 3.8) is 0 Å². The number of sulfonamides is 1. The van der Waals surface area contributed by atoms with E-state index in [4.69, 9.17) is 11.6 Å². The number of hydrogen-bond donors (Lipinski definition) is 1. The zero-order valence-corrected chi connectivity index (χ0v) is 15.8. The van der Waals surface area contributed by atoms with Crippen molar-refractivity contribution < 1.29 is 26.4 Å². The maximum atomic E-state index is 12.9. The fraction of sp³-hybridized carbons (Fsp3) is 0.250. The van der Waals surface area contributed by atoms with Gasteiger partial charge in [-0.15, -0.1) is 0 Å². The van der Waals surface area contributed by atoms with E-state index in [1.807, 2.05) is 0 Å². The van der Waals surface area contributed by atoms with E-state index in [-0.39, 0.29) is 10.8 Å². The first-order valence-electron chi connectivity index (χ1n) is 7.47. The highest BCUT2D eigenvalue weighted by Crippen LogP contribution is 2.34. The topological polar surface area (TPSA) is 79.4 Å². The van der Waals surface area contributed by atoms with Gasteiger partial charge in [-0.05, 0) is 42.8 Å². The van der Waals surface area contributed by atoms with Crippen molar-refractivity contribution >= 4 is 33.3 Å². The molecule has 1 aromatic heterocycles. The molecule has 1 aromatic carbocycles. The van der Waals surface area contributed by atoms with Gasteiger partial charge in [0.15, 0.2) is 0 Å². The molecule has 0 spiro atoms. The molecule has 6 nitrogen and oxygen atoms in total. The molecule has 2 aromatic rings. The number of halogens is 4. The molecule has 2 rings (SSSR count). The molecular formula is C16H15ClF3N3O3S. The lowest BCUT2D eigenvalue weighted by atomic mass is 10.2. The minimum Gasteiger partial charge on any atom is -0.310 e. The molecular weight excluding hydrogens is 407 g/mol. The van der Waals surface area contributed by atoms with E-state index in [0.717, 1.165) is 18.7 Å². The highest BCUT2D eigenvalue weighted by Gasteiger charge is 2.34. The Morgan fingerprint density at radius 3 is 2.52 bits per heavy atom. The molecule has 27 heavy (non-hydrogen) atoms. The molecule has 0 saturated heterocycles. The van der Waals surface area contributed by atoms with Gasteiger partial charge in [0, 0.05) is 13.2 Å². The Kier molecular flexibility index (Phi) is 6.13. The van der Waals surface area contributed by atoms with Crippen LogP contribution in [0.15, 0.2) is 41.4 Å². The molecule has 0 saturated carbocycles. The quantitative estimate of drug-likeness (QED) is 0.803. The Hall–Kier alpha value is -2.17. The smallest absolute Gasteiger partial charge is 0.310 e. The van der Waals surface area contributed by atoms with Crippen LogP contribution in [0.25, 0.3) is 0 Å². The van der Waals surface area contributed by atoms with Crippen LogP contribution in [-0.2, 0) is 21.0 Å². The maximum Gasteiger partial charge on any atom is 0.416 e. The number of anilines is 1. The summed E-state index contributed by atoms with van der Waals surface area (Å²) in [5, 5.41) is 2.04.